The van der Waals surface area contributed by atoms with E-state index in [1.54, 1.807) is 26.4 Å². The lowest BCUT2D eigenvalue weighted by molar-refractivity contribution is -0.116. The molecule has 0 unspecified atom stereocenters. The molecule has 0 saturated carbocycles. The molecule has 4 heteroatoms. The fourth-order valence-electron chi connectivity index (χ4n) is 3.09. The van der Waals surface area contributed by atoms with E-state index in [1.165, 1.54) is 57.8 Å². The maximum atomic E-state index is 12.0. The van der Waals surface area contributed by atoms with Crippen LogP contribution in [-0.2, 0) is 4.79 Å². The zero-order chi connectivity index (χ0) is 19.0. The fourth-order valence-corrected chi connectivity index (χ4v) is 3.09. The highest BCUT2D eigenvalue weighted by Crippen LogP contribution is 2.29. The summed E-state index contributed by atoms with van der Waals surface area (Å²) in [5.41, 5.74) is 0.746. The molecule has 0 heterocycles. The zero-order valence-electron chi connectivity index (χ0n) is 16.9. The first-order chi connectivity index (χ1) is 12.7. The van der Waals surface area contributed by atoms with E-state index in [9.17, 15) is 4.79 Å². The Kier molecular flexibility index (Phi) is 12.4. The van der Waals surface area contributed by atoms with Gasteiger partial charge in [-0.15, -0.1) is 0 Å². The van der Waals surface area contributed by atoms with E-state index in [2.05, 4.69) is 12.2 Å². The molecule has 0 saturated heterocycles. The normalized spacial score (nSPS) is 10.6. The smallest absolute Gasteiger partial charge is 0.224 e. The minimum atomic E-state index is 0.0631. The second-order valence-corrected chi connectivity index (χ2v) is 6.90. The van der Waals surface area contributed by atoms with Crippen molar-refractivity contribution in [3.63, 3.8) is 0 Å². The van der Waals surface area contributed by atoms with Crippen LogP contribution in [0.5, 0.6) is 11.5 Å². The molecule has 1 rings (SSSR count). The largest absolute Gasteiger partial charge is 0.493 e. The highest BCUT2D eigenvalue weighted by atomic mass is 16.5. The second kappa shape index (κ2) is 14.5. The third-order valence-electron chi connectivity index (χ3n) is 4.67. The number of hydrogen-bond acceptors (Lipinski definition) is 3. The van der Waals surface area contributed by atoms with Crippen LogP contribution in [0.2, 0.25) is 0 Å². The Morgan fingerprint density at radius 2 is 1.35 bits per heavy atom. The molecule has 0 aliphatic rings. The number of rotatable bonds is 15. The maximum absolute atomic E-state index is 12.0. The Labute approximate surface area is 159 Å². The summed E-state index contributed by atoms with van der Waals surface area (Å²) in [4.78, 5) is 12.0. The minimum absolute atomic E-state index is 0.0631. The average molecular weight is 364 g/mol. The third kappa shape index (κ3) is 9.69. The number of hydrogen-bond donors (Lipinski definition) is 1. The molecule has 26 heavy (non-hydrogen) atoms. The summed E-state index contributed by atoms with van der Waals surface area (Å²) in [6.45, 7) is 2.26. The van der Waals surface area contributed by atoms with Crippen LogP contribution in [0.15, 0.2) is 18.2 Å². The van der Waals surface area contributed by atoms with Gasteiger partial charge in [-0.2, -0.15) is 0 Å². The summed E-state index contributed by atoms with van der Waals surface area (Å²) in [5.74, 6) is 1.35. The molecule has 1 aromatic rings. The molecule has 0 aromatic heterocycles. The van der Waals surface area contributed by atoms with E-state index in [-0.39, 0.29) is 5.91 Å². The first-order valence-electron chi connectivity index (χ1n) is 10.2. The SMILES string of the molecule is CCCCCCCCCCCCCC(=O)Nc1ccc(OC)c(OC)c1. The van der Waals surface area contributed by atoms with Crippen LogP contribution in [0.3, 0.4) is 0 Å². The number of carbonyl (C=O) groups is 1. The molecule has 0 spiro atoms. The highest BCUT2D eigenvalue weighted by molar-refractivity contribution is 5.91. The van der Waals surface area contributed by atoms with Gasteiger partial charge in [0.25, 0.3) is 0 Å². The van der Waals surface area contributed by atoms with Crippen molar-refractivity contribution in [2.45, 2.75) is 84.0 Å². The van der Waals surface area contributed by atoms with Gasteiger partial charge in [-0.3, -0.25) is 4.79 Å². The molecule has 1 N–H and O–H groups in total. The predicted octanol–water partition coefficient (Wildman–Crippen LogP) is 6.34. The summed E-state index contributed by atoms with van der Waals surface area (Å²) in [5, 5.41) is 2.93. The minimum Gasteiger partial charge on any atom is -0.493 e. The lowest BCUT2D eigenvalue weighted by atomic mass is 10.1. The molecule has 0 bridgehead atoms. The number of methoxy groups -OCH3 is 2. The van der Waals surface area contributed by atoms with Crippen LogP contribution >= 0.6 is 0 Å². The standard InChI is InChI=1S/C22H37NO3/c1-4-5-6-7-8-9-10-11-12-13-14-15-22(24)23-19-16-17-20(25-2)21(18-19)26-3/h16-18H,4-15H2,1-3H3,(H,23,24). The third-order valence-corrected chi connectivity index (χ3v) is 4.67. The Hall–Kier alpha value is -1.71. The number of nitrogens with one attached hydrogen (secondary N) is 1. The summed E-state index contributed by atoms with van der Waals surface area (Å²) < 4.78 is 10.5. The van der Waals surface area contributed by atoms with Crippen molar-refractivity contribution in [1.29, 1.82) is 0 Å². The Morgan fingerprint density at radius 1 is 0.808 bits per heavy atom. The van der Waals surface area contributed by atoms with Gasteiger partial charge >= 0.3 is 0 Å². The number of ether oxygens (including phenoxy) is 2. The number of carbonyl (C=O) groups excluding carboxylic acids is 1. The molecule has 1 aromatic carbocycles. The molecular formula is C22H37NO3. The van der Waals surface area contributed by atoms with Gasteiger partial charge in [0.05, 0.1) is 14.2 Å². The van der Waals surface area contributed by atoms with Crippen molar-refractivity contribution in [1.82, 2.24) is 0 Å². The Morgan fingerprint density at radius 3 is 1.88 bits per heavy atom. The number of benzene rings is 1. The van der Waals surface area contributed by atoms with Crippen molar-refractivity contribution < 1.29 is 14.3 Å². The Bertz CT molecular complexity index is 502. The van der Waals surface area contributed by atoms with E-state index in [1.807, 2.05) is 6.07 Å². The van der Waals surface area contributed by atoms with Crippen LogP contribution in [0, 0.1) is 0 Å². The van der Waals surface area contributed by atoms with Crippen molar-refractivity contribution in [3.05, 3.63) is 18.2 Å². The second-order valence-electron chi connectivity index (χ2n) is 6.90. The molecular weight excluding hydrogens is 326 g/mol. The van der Waals surface area contributed by atoms with Crippen LogP contribution in [0.1, 0.15) is 84.0 Å². The lowest BCUT2D eigenvalue weighted by Gasteiger charge is -2.10. The Balaban J connectivity index is 2.07. The molecule has 148 valence electrons. The number of amides is 1. The quantitative estimate of drug-likeness (QED) is 0.370. The van der Waals surface area contributed by atoms with Gasteiger partial charge in [-0.25, -0.2) is 0 Å². The first kappa shape index (κ1) is 22.3. The van der Waals surface area contributed by atoms with Gasteiger partial charge in [0.15, 0.2) is 11.5 Å². The van der Waals surface area contributed by atoms with Crippen LogP contribution in [0.4, 0.5) is 5.69 Å². The van der Waals surface area contributed by atoms with E-state index < -0.39 is 0 Å². The average Bonchev–Trinajstić information content (AvgIpc) is 2.66. The number of anilines is 1. The van der Waals surface area contributed by atoms with E-state index in [4.69, 9.17) is 9.47 Å². The van der Waals surface area contributed by atoms with Gasteiger partial charge in [0.1, 0.15) is 0 Å². The summed E-state index contributed by atoms with van der Waals surface area (Å²) >= 11 is 0. The van der Waals surface area contributed by atoms with Gasteiger partial charge in [-0.1, -0.05) is 71.1 Å². The van der Waals surface area contributed by atoms with Crippen molar-refractivity contribution >= 4 is 11.6 Å². The summed E-state index contributed by atoms with van der Waals surface area (Å²) in [7, 11) is 3.19. The van der Waals surface area contributed by atoms with Gasteiger partial charge < -0.3 is 14.8 Å². The van der Waals surface area contributed by atoms with E-state index in [0.717, 1.165) is 18.5 Å². The molecule has 0 aliphatic carbocycles. The molecule has 4 nitrogen and oxygen atoms in total. The van der Waals surface area contributed by atoms with Crippen LogP contribution < -0.4 is 14.8 Å². The monoisotopic (exact) mass is 363 g/mol. The lowest BCUT2D eigenvalue weighted by Crippen LogP contribution is -2.11. The van der Waals surface area contributed by atoms with E-state index in [0.29, 0.717) is 17.9 Å². The molecule has 0 atom stereocenters. The van der Waals surface area contributed by atoms with Crippen molar-refractivity contribution in [3.8, 4) is 11.5 Å². The fraction of sp³-hybridized carbons (Fsp3) is 0.682. The molecule has 0 fully saturated rings. The zero-order valence-corrected chi connectivity index (χ0v) is 16.9. The number of unbranched alkanes of at least 4 members (excludes halogenated alkanes) is 10. The summed E-state index contributed by atoms with van der Waals surface area (Å²) in [6.07, 6.45) is 14.8. The van der Waals surface area contributed by atoms with Crippen molar-refractivity contribution in [2.75, 3.05) is 19.5 Å². The van der Waals surface area contributed by atoms with Crippen molar-refractivity contribution in [2.24, 2.45) is 0 Å². The van der Waals surface area contributed by atoms with Gasteiger partial charge in [0.2, 0.25) is 5.91 Å². The van der Waals surface area contributed by atoms with Gasteiger partial charge in [0, 0.05) is 18.2 Å². The van der Waals surface area contributed by atoms with E-state index >= 15 is 0 Å². The highest BCUT2D eigenvalue weighted by Gasteiger charge is 2.07. The predicted molar refractivity (Wildman–Crippen MR) is 109 cm³/mol. The molecule has 0 radical (unpaired) electrons. The first-order valence-corrected chi connectivity index (χ1v) is 10.2. The molecule has 0 aliphatic heterocycles. The summed E-state index contributed by atoms with van der Waals surface area (Å²) in [6, 6.07) is 5.42. The van der Waals surface area contributed by atoms with Crippen LogP contribution in [-0.4, -0.2) is 20.1 Å². The van der Waals surface area contributed by atoms with Gasteiger partial charge in [-0.05, 0) is 18.6 Å². The van der Waals surface area contributed by atoms with Crippen LogP contribution in [0.25, 0.3) is 0 Å². The maximum Gasteiger partial charge on any atom is 0.224 e. The molecule has 1 amide bonds. The topological polar surface area (TPSA) is 47.6 Å².